The summed E-state index contributed by atoms with van der Waals surface area (Å²) in [6, 6.07) is 7.99. The third kappa shape index (κ3) is 3.63. The second kappa shape index (κ2) is 7.50. The summed E-state index contributed by atoms with van der Waals surface area (Å²) in [4.78, 5) is 15.6. The number of hydrogen-bond acceptors (Lipinski definition) is 5. The lowest BCUT2D eigenvalue weighted by Crippen LogP contribution is -2.12. The molecule has 138 valence electrons. The van der Waals surface area contributed by atoms with Crippen molar-refractivity contribution in [2.24, 2.45) is 0 Å². The molecule has 0 atom stereocenters. The predicted octanol–water partition coefficient (Wildman–Crippen LogP) is 3.73. The van der Waals surface area contributed by atoms with Gasteiger partial charge in [0.05, 0.1) is 23.6 Å². The zero-order valence-electron chi connectivity index (χ0n) is 15.4. The van der Waals surface area contributed by atoms with Gasteiger partial charge < -0.3 is 15.2 Å². The molecule has 0 saturated heterocycles. The fourth-order valence-corrected chi connectivity index (χ4v) is 3.02. The summed E-state index contributed by atoms with van der Waals surface area (Å²) in [5, 5.41) is 21.7. The van der Waals surface area contributed by atoms with Gasteiger partial charge in [-0.25, -0.2) is 4.79 Å². The molecule has 2 N–H and O–H groups in total. The minimum Gasteiger partial charge on any atom is -0.492 e. The number of hydrogen-bond donors (Lipinski definition) is 2. The van der Waals surface area contributed by atoms with Crippen LogP contribution in [0.1, 0.15) is 36.5 Å². The number of aliphatic carboxylic acids is 1. The van der Waals surface area contributed by atoms with Gasteiger partial charge in [0.2, 0.25) is 0 Å². The Morgan fingerprint density at radius 1 is 1.48 bits per heavy atom. The van der Waals surface area contributed by atoms with Crippen LogP contribution in [0, 0.1) is 11.3 Å². The summed E-state index contributed by atoms with van der Waals surface area (Å²) in [6.45, 7) is 8.29. The molecule has 27 heavy (non-hydrogen) atoms. The number of pyridine rings is 1. The molecule has 0 spiro atoms. The Morgan fingerprint density at radius 2 is 2.26 bits per heavy atom. The van der Waals surface area contributed by atoms with Crippen molar-refractivity contribution >= 4 is 11.7 Å². The molecular weight excluding hydrogens is 342 g/mol. The van der Waals surface area contributed by atoms with E-state index >= 15 is 0 Å². The van der Waals surface area contributed by atoms with Crippen molar-refractivity contribution in [1.82, 2.24) is 4.98 Å². The molecule has 6 nitrogen and oxygen atoms in total. The van der Waals surface area contributed by atoms with Gasteiger partial charge in [0.1, 0.15) is 11.8 Å². The van der Waals surface area contributed by atoms with Crippen molar-refractivity contribution in [3.63, 3.8) is 0 Å². The normalized spacial score (nSPS) is 12.2. The van der Waals surface area contributed by atoms with Crippen LogP contribution in [0.5, 0.6) is 5.75 Å². The van der Waals surface area contributed by atoms with Crippen LogP contribution in [-0.2, 0) is 11.2 Å². The highest BCUT2D eigenvalue weighted by atomic mass is 16.5. The van der Waals surface area contributed by atoms with Crippen molar-refractivity contribution in [1.29, 1.82) is 5.26 Å². The molecule has 0 amide bonds. The second-order valence-corrected chi connectivity index (χ2v) is 6.76. The highest BCUT2D eigenvalue weighted by Gasteiger charge is 2.25. The number of anilines is 1. The van der Waals surface area contributed by atoms with Gasteiger partial charge in [-0.05, 0) is 23.6 Å². The lowest BCUT2D eigenvalue weighted by atomic mass is 9.97. The average Bonchev–Trinajstić information content (AvgIpc) is 3.14. The third-order valence-electron chi connectivity index (χ3n) is 4.61. The van der Waals surface area contributed by atoms with Gasteiger partial charge in [-0.2, -0.15) is 5.26 Å². The zero-order chi connectivity index (χ0) is 19.6. The third-order valence-corrected chi connectivity index (χ3v) is 4.61. The van der Waals surface area contributed by atoms with Gasteiger partial charge in [0.25, 0.3) is 0 Å². The summed E-state index contributed by atoms with van der Waals surface area (Å²) in [6.07, 6.45) is 2.48. The highest BCUT2D eigenvalue weighted by molar-refractivity contribution is 5.87. The molecule has 1 aromatic carbocycles. The largest absolute Gasteiger partial charge is 0.492 e. The molecule has 2 aromatic rings. The van der Waals surface area contributed by atoms with E-state index in [0.717, 1.165) is 22.4 Å². The number of rotatable bonds is 6. The van der Waals surface area contributed by atoms with Crippen LogP contribution in [0.25, 0.3) is 11.3 Å². The van der Waals surface area contributed by atoms with Gasteiger partial charge in [-0.3, -0.25) is 4.98 Å². The van der Waals surface area contributed by atoms with Crippen molar-refractivity contribution in [3.8, 4) is 23.1 Å². The maximum absolute atomic E-state index is 11.0. The van der Waals surface area contributed by atoms with Gasteiger partial charge in [0.15, 0.2) is 0 Å². The van der Waals surface area contributed by atoms with Crippen LogP contribution in [0.15, 0.2) is 36.5 Å². The van der Waals surface area contributed by atoms with Crippen LogP contribution in [-0.4, -0.2) is 29.2 Å². The molecule has 1 aliphatic heterocycles. The summed E-state index contributed by atoms with van der Waals surface area (Å²) in [5.74, 6) is -0.00985. The van der Waals surface area contributed by atoms with E-state index in [9.17, 15) is 10.1 Å². The molecule has 1 aromatic heterocycles. The Balaban J connectivity index is 2.05. The predicted molar refractivity (Wildman–Crippen MR) is 103 cm³/mol. The second-order valence-electron chi connectivity index (χ2n) is 6.76. The number of nitrogens with one attached hydrogen (secondary N) is 1. The van der Waals surface area contributed by atoms with Gasteiger partial charge in [0, 0.05) is 35.9 Å². The number of ether oxygens (including phenoxy) is 1. The molecule has 1 aliphatic rings. The van der Waals surface area contributed by atoms with Crippen molar-refractivity contribution < 1.29 is 14.6 Å². The molecule has 0 fully saturated rings. The minimum absolute atomic E-state index is 0.0246. The smallest absolute Gasteiger partial charge is 0.332 e. The van der Waals surface area contributed by atoms with E-state index < -0.39 is 5.97 Å². The summed E-state index contributed by atoms with van der Waals surface area (Å²) in [5.41, 5.74) is 4.57. The first-order chi connectivity index (χ1) is 12.9. The van der Waals surface area contributed by atoms with Crippen molar-refractivity contribution in [2.45, 2.75) is 26.2 Å². The Morgan fingerprint density at radius 3 is 2.85 bits per heavy atom. The lowest BCUT2D eigenvalue weighted by molar-refractivity contribution is -0.132. The molecule has 6 heteroatoms. The van der Waals surface area contributed by atoms with Crippen LogP contribution < -0.4 is 10.1 Å². The lowest BCUT2D eigenvalue weighted by Gasteiger charge is -2.15. The average molecular weight is 363 g/mol. The van der Waals surface area contributed by atoms with E-state index in [1.165, 1.54) is 0 Å². The molecule has 0 saturated carbocycles. The maximum Gasteiger partial charge on any atom is 0.332 e. The highest BCUT2D eigenvalue weighted by Crippen LogP contribution is 2.41. The summed E-state index contributed by atoms with van der Waals surface area (Å²) < 4.78 is 5.79. The Hall–Kier alpha value is -3.33. The first kappa shape index (κ1) is 18.5. The first-order valence-corrected chi connectivity index (χ1v) is 8.76. The van der Waals surface area contributed by atoms with E-state index in [1.807, 2.05) is 18.3 Å². The fraction of sp³-hybridized carbons (Fsp3) is 0.286. The van der Waals surface area contributed by atoms with Crippen molar-refractivity contribution in [2.75, 3.05) is 18.5 Å². The van der Waals surface area contributed by atoms with Gasteiger partial charge >= 0.3 is 5.97 Å². The first-order valence-electron chi connectivity index (χ1n) is 8.76. The monoisotopic (exact) mass is 363 g/mol. The summed E-state index contributed by atoms with van der Waals surface area (Å²) >= 11 is 0. The number of carboxylic acids is 1. The van der Waals surface area contributed by atoms with E-state index in [2.05, 4.69) is 36.8 Å². The van der Waals surface area contributed by atoms with Crippen LogP contribution >= 0.6 is 0 Å². The van der Waals surface area contributed by atoms with Crippen LogP contribution in [0.3, 0.4) is 0 Å². The standard InChI is InChI=1S/C21H21N3O3/c1-12(2)14-4-5-18(24-11-14)16-8-19(23-10-13(3)21(25)26)17(9-22)15-6-7-27-20(15)16/h4-5,8,11-12,23H,3,6-7,10H2,1-2H3,(H,25,26). The maximum atomic E-state index is 11.0. The summed E-state index contributed by atoms with van der Waals surface area (Å²) in [7, 11) is 0. The van der Waals surface area contributed by atoms with E-state index in [4.69, 9.17) is 9.84 Å². The van der Waals surface area contributed by atoms with Crippen LogP contribution in [0.4, 0.5) is 5.69 Å². The number of carbonyl (C=O) groups is 1. The molecule has 0 radical (unpaired) electrons. The van der Waals surface area contributed by atoms with E-state index in [0.29, 0.717) is 35.9 Å². The Bertz CT molecular complexity index is 941. The molecule has 3 rings (SSSR count). The van der Waals surface area contributed by atoms with Gasteiger partial charge in [-0.15, -0.1) is 0 Å². The number of carboxylic acid groups (broad SMARTS) is 1. The van der Waals surface area contributed by atoms with Gasteiger partial charge in [-0.1, -0.05) is 26.5 Å². The number of nitriles is 1. The number of aromatic nitrogens is 1. The minimum atomic E-state index is -1.07. The van der Waals surface area contributed by atoms with Crippen molar-refractivity contribution in [3.05, 3.63) is 53.2 Å². The zero-order valence-corrected chi connectivity index (χ0v) is 15.4. The van der Waals surface area contributed by atoms with E-state index in [1.54, 1.807) is 6.07 Å². The van der Waals surface area contributed by atoms with Crippen LogP contribution in [0.2, 0.25) is 0 Å². The molecule has 2 heterocycles. The Labute approximate surface area is 158 Å². The number of nitrogens with zero attached hydrogens (tertiary/aromatic N) is 2. The SMILES string of the molecule is C=C(CNc1cc(-c2ccc(C(C)C)cn2)c2c(c1C#N)CCO2)C(=O)O. The Kier molecular flexibility index (Phi) is 5.13. The number of fused-ring (bicyclic) bond motifs is 1. The molecular formula is C21H21N3O3. The topological polar surface area (TPSA) is 95.2 Å². The fourth-order valence-electron chi connectivity index (χ4n) is 3.02. The quantitative estimate of drug-likeness (QED) is 0.759. The van der Waals surface area contributed by atoms with E-state index in [-0.39, 0.29) is 12.1 Å². The molecule has 0 aliphatic carbocycles. The molecule has 0 bridgehead atoms. The number of benzene rings is 1. The molecule has 0 unspecified atom stereocenters.